The Morgan fingerprint density at radius 3 is 2.42 bits per heavy atom. The number of halogens is 2. The molecule has 14 heteroatoms. The number of hydrogen-bond donors (Lipinski definition) is 2. The summed E-state index contributed by atoms with van der Waals surface area (Å²) >= 11 is 13.9. The zero-order valence-electron chi connectivity index (χ0n) is 24.8. The molecule has 0 atom stereocenters. The minimum Gasteiger partial charge on any atom is -0.480 e. The van der Waals surface area contributed by atoms with Crippen molar-refractivity contribution in [3.8, 4) is 28.3 Å². The van der Waals surface area contributed by atoms with Gasteiger partial charge in [-0.2, -0.15) is 0 Å². The predicted octanol–water partition coefficient (Wildman–Crippen LogP) is 4.48. The smallest absolute Gasteiger partial charge is 0.332 e. The van der Waals surface area contributed by atoms with Gasteiger partial charge in [0.25, 0.3) is 5.56 Å². The molecule has 0 unspecified atom stereocenters. The quantitative estimate of drug-likeness (QED) is 0.248. The van der Waals surface area contributed by atoms with Crippen LogP contribution in [-0.2, 0) is 25.4 Å². The number of fused-ring (bicyclic) bond motifs is 1. The first kappa shape index (κ1) is 30.7. The van der Waals surface area contributed by atoms with Gasteiger partial charge >= 0.3 is 5.69 Å². The van der Waals surface area contributed by atoms with Crippen LogP contribution in [0.3, 0.4) is 0 Å². The molecule has 0 spiro atoms. The molecular formula is C31H30Cl2N8O4. The fourth-order valence-electron chi connectivity index (χ4n) is 5.35. The predicted molar refractivity (Wildman–Crippen MR) is 173 cm³/mol. The SMILES string of the molecule is COc1nc(-c2cccc(-c3cccc(Nc4ncnc5c4c(=O)n(C)c(=O)n5C)c3Cl)c2Cl)cnc1CNC1CCOCC1. The molecule has 1 fully saturated rings. The van der Waals surface area contributed by atoms with Crippen LogP contribution >= 0.6 is 23.2 Å². The van der Waals surface area contributed by atoms with Crippen molar-refractivity contribution < 1.29 is 9.47 Å². The second kappa shape index (κ2) is 12.9. The van der Waals surface area contributed by atoms with Gasteiger partial charge in [0, 0.05) is 56.6 Å². The highest BCUT2D eigenvalue weighted by Gasteiger charge is 2.20. The van der Waals surface area contributed by atoms with Crippen LogP contribution in [0, 0.1) is 0 Å². The van der Waals surface area contributed by atoms with Crippen LogP contribution in [0.2, 0.25) is 10.0 Å². The molecule has 0 radical (unpaired) electrons. The van der Waals surface area contributed by atoms with Gasteiger partial charge in [0.2, 0.25) is 5.88 Å². The number of anilines is 2. The van der Waals surface area contributed by atoms with Crippen molar-refractivity contribution >= 4 is 45.7 Å². The number of hydrogen-bond acceptors (Lipinski definition) is 10. The third-order valence-electron chi connectivity index (χ3n) is 7.84. The second-order valence-electron chi connectivity index (χ2n) is 10.6. The fraction of sp³-hybridized carbons (Fsp3) is 0.290. The van der Waals surface area contributed by atoms with Crippen LogP contribution in [0.25, 0.3) is 33.4 Å². The minimum atomic E-state index is -0.527. The van der Waals surface area contributed by atoms with E-state index < -0.39 is 11.2 Å². The number of rotatable bonds is 8. The van der Waals surface area contributed by atoms with E-state index in [4.69, 9.17) is 37.7 Å². The summed E-state index contributed by atoms with van der Waals surface area (Å²) in [5.74, 6) is 0.627. The minimum absolute atomic E-state index is 0.155. The molecule has 0 bridgehead atoms. The molecule has 0 amide bonds. The lowest BCUT2D eigenvalue weighted by atomic mass is 10.0. The van der Waals surface area contributed by atoms with Crippen molar-refractivity contribution in [1.29, 1.82) is 0 Å². The number of nitrogens with one attached hydrogen (secondary N) is 2. The molecule has 1 saturated heterocycles. The Balaban J connectivity index is 1.33. The Morgan fingerprint density at radius 1 is 0.956 bits per heavy atom. The number of ether oxygens (including phenoxy) is 2. The van der Waals surface area contributed by atoms with Gasteiger partial charge in [0.15, 0.2) is 5.65 Å². The molecule has 2 N–H and O–H groups in total. The van der Waals surface area contributed by atoms with Gasteiger partial charge in [-0.3, -0.25) is 18.9 Å². The average molecular weight is 650 g/mol. The fourth-order valence-corrected chi connectivity index (χ4v) is 5.95. The highest BCUT2D eigenvalue weighted by Crippen LogP contribution is 2.42. The monoisotopic (exact) mass is 648 g/mol. The van der Waals surface area contributed by atoms with Crippen LogP contribution in [0.1, 0.15) is 18.5 Å². The molecule has 232 valence electrons. The van der Waals surface area contributed by atoms with Crippen LogP contribution in [0.15, 0.2) is 58.5 Å². The number of aromatic nitrogens is 6. The zero-order valence-corrected chi connectivity index (χ0v) is 26.3. The van der Waals surface area contributed by atoms with Gasteiger partial charge in [-0.05, 0) is 18.9 Å². The first-order chi connectivity index (χ1) is 21.8. The van der Waals surface area contributed by atoms with E-state index in [0.29, 0.717) is 62.3 Å². The summed E-state index contributed by atoms with van der Waals surface area (Å²) < 4.78 is 13.3. The van der Waals surface area contributed by atoms with Gasteiger partial charge < -0.3 is 20.1 Å². The molecule has 0 aliphatic carbocycles. The maximum atomic E-state index is 13.0. The number of nitrogens with zero attached hydrogens (tertiary/aromatic N) is 6. The van der Waals surface area contributed by atoms with Crippen LogP contribution in [-0.4, -0.2) is 55.4 Å². The summed E-state index contributed by atoms with van der Waals surface area (Å²) in [6.45, 7) is 2.02. The lowest BCUT2D eigenvalue weighted by Crippen LogP contribution is -2.37. The largest absolute Gasteiger partial charge is 0.480 e. The Bertz CT molecular complexity index is 2020. The van der Waals surface area contributed by atoms with Crippen molar-refractivity contribution in [2.24, 2.45) is 14.1 Å². The third-order valence-corrected chi connectivity index (χ3v) is 8.65. The topological polar surface area (TPSA) is 138 Å². The molecular weight excluding hydrogens is 619 g/mol. The molecule has 2 aromatic carbocycles. The maximum absolute atomic E-state index is 13.0. The van der Waals surface area contributed by atoms with E-state index >= 15 is 0 Å². The Labute approximate surface area is 268 Å². The van der Waals surface area contributed by atoms with E-state index in [-0.39, 0.29) is 16.9 Å². The lowest BCUT2D eigenvalue weighted by molar-refractivity contribution is 0.0774. The van der Waals surface area contributed by atoms with Gasteiger partial charge in [-0.15, -0.1) is 0 Å². The summed E-state index contributed by atoms with van der Waals surface area (Å²) in [4.78, 5) is 43.3. The first-order valence-electron chi connectivity index (χ1n) is 14.2. The van der Waals surface area contributed by atoms with Gasteiger partial charge in [0.1, 0.15) is 23.2 Å². The van der Waals surface area contributed by atoms with E-state index in [1.807, 2.05) is 30.3 Å². The average Bonchev–Trinajstić information content (AvgIpc) is 3.07. The number of methoxy groups -OCH3 is 1. The van der Waals surface area contributed by atoms with Crippen LogP contribution in [0.4, 0.5) is 11.5 Å². The zero-order chi connectivity index (χ0) is 31.7. The summed E-state index contributed by atoms with van der Waals surface area (Å²) in [5.41, 5.74) is 2.88. The first-order valence-corrected chi connectivity index (χ1v) is 15.0. The van der Waals surface area contributed by atoms with Crippen LogP contribution in [0.5, 0.6) is 5.88 Å². The van der Waals surface area contributed by atoms with Crippen molar-refractivity contribution in [1.82, 2.24) is 34.4 Å². The van der Waals surface area contributed by atoms with E-state index in [2.05, 4.69) is 25.6 Å². The summed E-state index contributed by atoms with van der Waals surface area (Å²) in [7, 11) is 4.51. The van der Waals surface area contributed by atoms with Gasteiger partial charge in [0.05, 0.1) is 34.7 Å². The summed E-state index contributed by atoms with van der Waals surface area (Å²) in [6, 6.07) is 11.4. The molecule has 1 aliphatic rings. The van der Waals surface area contributed by atoms with Crippen molar-refractivity contribution in [2.45, 2.75) is 25.4 Å². The van der Waals surface area contributed by atoms with E-state index in [0.717, 1.165) is 30.6 Å². The lowest BCUT2D eigenvalue weighted by Gasteiger charge is -2.23. The summed E-state index contributed by atoms with van der Waals surface area (Å²) in [5, 5.41) is 7.60. The van der Waals surface area contributed by atoms with E-state index in [9.17, 15) is 9.59 Å². The second-order valence-corrected chi connectivity index (χ2v) is 11.3. The highest BCUT2D eigenvalue weighted by atomic mass is 35.5. The Kier molecular flexibility index (Phi) is 8.81. The van der Waals surface area contributed by atoms with Crippen molar-refractivity contribution in [3.63, 3.8) is 0 Å². The molecule has 5 aromatic rings. The summed E-state index contributed by atoms with van der Waals surface area (Å²) in [6.07, 6.45) is 4.86. The molecule has 12 nitrogen and oxygen atoms in total. The van der Waals surface area contributed by atoms with Gasteiger partial charge in [-0.25, -0.2) is 19.7 Å². The standard InChI is InChI=1S/C31H30Cl2N8O4/c1-40-28-24(30(42)41(2)31(40)43)27(36-16-37-28)38-21-9-5-7-19(26(21)33)18-6-4-8-20(25(18)32)22-14-35-23(29(39-22)44-3)15-34-17-10-12-45-13-11-17/h4-9,14,16-17,34H,10-13,15H2,1-3H3,(H,36,37,38). The normalized spacial score (nSPS) is 13.7. The molecule has 4 heterocycles. The maximum Gasteiger partial charge on any atom is 0.332 e. The number of benzene rings is 2. The molecule has 45 heavy (non-hydrogen) atoms. The van der Waals surface area contributed by atoms with Gasteiger partial charge in [-0.1, -0.05) is 53.5 Å². The van der Waals surface area contributed by atoms with Crippen molar-refractivity contribution in [3.05, 3.63) is 85.5 Å². The number of aryl methyl sites for hydroxylation is 1. The van der Waals surface area contributed by atoms with Crippen molar-refractivity contribution in [2.75, 3.05) is 25.6 Å². The van der Waals surface area contributed by atoms with E-state index in [1.165, 1.54) is 17.9 Å². The molecule has 0 saturated carbocycles. The van der Waals surface area contributed by atoms with E-state index in [1.54, 1.807) is 26.4 Å². The third kappa shape index (κ3) is 5.89. The molecule has 3 aromatic heterocycles. The molecule has 6 rings (SSSR count). The Morgan fingerprint density at radius 2 is 1.67 bits per heavy atom. The molecule has 1 aliphatic heterocycles. The Hall–Kier alpha value is -4.36. The highest BCUT2D eigenvalue weighted by molar-refractivity contribution is 6.39. The van der Waals surface area contributed by atoms with Crippen LogP contribution < -0.4 is 26.6 Å².